The second-order valence-electron chi connectivity index (χ2n) is 5.77. The van der Waals surface area contributed by atoms with E-state index in [1.165, 1.54) is 25.7 Å². The molecule has 1 saturated carbocycles. The number of anilines is 2. The van der Waals surface area contributed by atoms with E-state index in [4.69, 9.17) is 0 Å². The third-order valence-electron chi connectivity index (χ3n) is 4.20. The number of benzene rings is 1. The Morgan fingerprint density at radius 2 is 2.00 bits per heavy atom. The van der Waals surface area contributed by atoms with Gasteiger partial charge in [0.05, 0.1) is 5.52 Å². The molecule has 1 aliphatic carbocycles. The second-order valence-corrected chi connectivity index (χ2v) is 5.77. The van der Waals surface area contributed by atoms with Crippen molar-refractivity contribution in [1.82, 2.24) is 9.97 Å². The maximum atomic E-state index is 4.58. The standard InChI is InChI=1S/C16H22N4/c1-3-8-16(9-10-16)11-18-14-12-6-4-5-7-13(12)19-15(17-2)20-14/h4-7H,3,8-11H2,1-2H3,(H2,17,18,19,20). The average molecular weight is 270 g/mol. The minimum absolute atomic E-state index is 0.514. The second kappa shape index (κ2) is 5.27. The van der Waals surface area contributed by atoms with Gasteiger partial charge in [-0.1, -0.05) is 25.5 Å². The van der Waals surface area contributed by atoms with Gasteiger partial charge in [0.25, 0.3) is 0 Å². The number of hydrogen-bond donors (Lipinski definition) is 2. The zero-order valence-electron chi connectivity index (χ0n) is 12.2. The molecule has 4 heteroatoms. The van der Waals surface area contributed by atoms with Crippen molar-refractivity contribution < 1.29 is 0 Å². The highest BCUT2D eigenvalue weighted by Gasteiger charge is 2.41. The van der Waals surface area contributed by atoms with Crippen molar-refractivity contribution in [3.8, 4) is 0 Å². The highest BCUT2D eigenvalue weighted by molar-refractivity contribution is 5.90. The number of fused-ring (bicyclic) bond motifs is 1. The summed E-state index contributed by atoms with van der Waals surface area (Å²) in [5, 5.41) is 7.69. The number of nitrogens with zero attached hydrogens (tertiary/aromatic N) is 2. The van der Waals surface area contributed by atoms with Crippen molar-refractivity contribution in [3.05, 3.63) is 24.3 Å². The molecule has 3 rings (SSSR count). The lowest BCUT2D eigenvalue weighted by Crippen LogP contribution is -2.16. The Labute approximate surface area is 120 Å². The molecule has 2 aromatic rings. The van der Waals surface area contributed by atoms with Gasteiger partial charge in [-0.2, -0.15) is 4.98 Å². The van der Waals surface area contributed by atoms with Crippen LogP contribution in [0.4, 0.5) is 11.8 Å². The van der Waals surface area contributed by atoms with Crippen LogP contribution in [0.1, 0.15) is 32.6 Å². The van der Waals surface area contributed by atoms with Crippen LogP contribution in [0.5, 0.6) is 0 Å². The quantitative estimate of drug-likeness (QED) is 0.841. The van der Waals surface area contributed by atoms with E-state index in [9.17, 15) is 0 Å². The SMILES string of the molecule is CCCC1(CNc2nc(NC)nc3ccccc23)CC1. The summed E-state index contributed by atoms with van der Waals surface area (Å²) in [6, 6.07) is 8.16. The number of rotatable bonds is 6. The molecule has 0 bridgehead atoms. The molecule has 0 unspecified atom stereocenters. The van der Waals surface area contributed by atoms with Gasteiger partial charge in [-0.3, -0.25) is 0 Å². The highest BCUT2D eigenvalue weighted by atomic mass is 15.1. The topological polar surface area (TPSA) is 49.8 Å². The molecule has 0 radical (unpaired) electrons. The van der Waals surface area contributed by atoms with Crippen LogP contribution in [-0.4, -0.2) is 23.6 Å². The predicted octanol–water partition coefficient (Wildman–Crippen LogP) is 3.66. The first-order valence-electron chi connectivity index (χ1n) is 7.45. The van der Waals surface area contributed by atoms with E-state index >= 15 is 0 Å². The van der Waals surface area contributed by atoms with E-state index < -0.39 is 0 Å². The van der Waals surface area contributed by atoms with Crippen LogP contribution in [0, 0.1) is 5.41 Å². The lowest BCUT2D eigenvalue weighted by molar-refractivity contribution is 0.485. The first-order valence-corrected chi connectivity index (χ1v) is 7.45. The monoisotopic (exact) mass is 270 g/mol. The van der Waals surface area contributed by atoms with Crippen LogP contribution in [0.2, 0.25) is 0 Å². The summed E-state index contributed by atoms with van der Waals surface area (Å²) in [6.07, 6.45) is 5.25. The Balaban J connectivity index is 1.86. The first kappa shape index (κ1) is 13.2. The zero-order chi connectivity index (χ0) is 14.0. The summed E-state index contributed by atoms with van der Waals surface area (Å²) >= 11 is 0. The molecule has 1 aromatic carbocycles. The van der Waals surface area contributed by atoms with Gasteiger partial charge in [0.2, 0.25) is 5.95 Å². The number of hydrogen-bond acceptors (Lipinski definition) is 4. The minimum Gasteiger partial charge on any atom is -0.369 e. The lowest BCUT2D eigenvalue weighted by atomic mass is 10.0. The average Bonchev–Trinajstić information content (AvgIpc) is 3.25. The molecule has 0 aliphatic heterocycles. The number of aromatic nitrogens is 2. The predicted molar refractivity (Wildman–Crippen MR) is 84.1 cm³/mol. The molecule has 0 atom stereocenters. The molecular formula is C16H22N4. The molecule has 4 nitrogen and oxygen atoms in total. The molecule has 1 aromatic heterocycles. The fraction of sp³-hybridized carbons (Fsp3) is 0.500. The molecule has 2 N–H and O–H groups in total. The van der Waals surface area contributed by atoms with Crippen molar-refractivity contribution in [3.63, 3.8) is 0 Å². The van der Waals surface area contributed by atoms with Crippen LogP contribution in [-0.2, 0) is 0 Å². The Morgan fingerprint density at radius 1 is 1.20 bits per heavy atom. The van der Waals surface area contributed by atoms with Gasteiger partial charge in [-0.15, -0.1) is 0 Å². The van der Waals surface area contributed by atoms with Gasteiger partial charge in [-0.05, 0) is 36.8 Å². The number of nitrogens with one attached hydrogen (secondary N) is 2. The molecule has 106 valence electrons. The van der Waals surface area contributed by atoms with E-state index in [1.54, 1.807) is 0 Å². The summed E-state index contributed by atoms with van der Waals surface area (Å²) in [4.78, 5) is 9.07. The van der Waals surface area contributed by atoms with Crippen molar-refractivity contribution in [2.24, 2.45) is 5.41 Å². The van der Waals surface area contributed by atoms with E-state index in [2.05, 4.69) is 33.6 Å². The Bertz CT molecular complexity index is 604. The van der Waals surface area contributed by atoms with Gasteiger partial charge in [0.1, 0.15) is 5.82 Å². The summed E-state index contributed by atoms with van der Waals surface area (Å²) in [5.41, 5.74) is 1.50. The Hall–Kier alpha value is -1.84. The molecular weight excluding hydrogens is 248 g/mol. The summed E-state index contributed by atoms with van der Waals surface area (Å²) in [6.45, 7) is 3.28. The van der Waals surface area contributed by atoms with Gasteiger partial charge < -0.3 is 10.6 Å². The van der Waals surface area contributed by atoms with Gasteiger partial charge in [0.15, 0.2) is 0 Å². The summed E-state index contributed by atoms with van der Waals surface area (Å²) in [5.74, 6) is 1.62. The Kier molecular flexibility index (Phi) is 3.47. The van der Waals surface area contributed by atoms with Crippen molar-refractivity contribution in [1.29, 1.82) is 0 Å². The van der Waals surface area contributed by atoms with Crippen molar-refractivity contribution >= 4 is 22.7 Å². The summed E-state index contributed by atoms with van der Waals surface area (Å²) < 4.78 is 0. The van der Waals surface area contributed by atoms with Crippen molar-refractivity contribution in [2.45, 2.75) is 32.6 Å². The van der Waals surface area contributed by atoms with E-state index in [0.29, 0.717) is 11.4 Å². The number of para-hydroxylation sites is 1. The lowest BCUT2D eigenvalue weighted by Gasteiger charge is -2.16. The fourth-order valence-corrected chi connectivity index (χ4v) is 2.82. The van der Waals surface area contributed by atoms with Crippen molar-refractivity contribution in [2.75, 3.05) is 24.2 Å². The van der Waals surface area contributed by atoms with E-state index in [-0.39, 0.29) is 0 Å². The zero-order valence-corrected chi connectivity index (χ0v) is 12.2. The highest BCUT2D eigenvalue weighted by Crippen LogP contribution is 2.49. The minimum atomic E-state index is 0.514. The maximum absolute atomic E-state index is 4.58. The van der Waals surface area contributed by atoms with E-state index in [0.717, 1.165) is 23.3 Å². The third kappa shape index (κ3) is 2.55. The van der Waals surface area contributed by atoms with Crippen LogP contribution in [0.3, 0.4) is 0 Å². The largest absolute Gasteiger partial charge is 0.369 e. The molecule has 0 saturated heterocycles. The smallest absolute Gasteiger partial charge is 0.224 e. The normalized spacial score (nSPS) is 16.1. The Morgan fingerprint density at radius 3 is 2.70 bits per heavy atom. The molecule has 1 heterocycles. The van der Waals surface area contributed by atoms with Gasteiger partial charge in [0, 0.05) is 19.0 Å². The van der Waals surface area contributed by atoms with Crippen LogP contribution < -0.4 is 10.6 Å². The maximum Gasteiger partial charge on any atom is 0.224 e. The van der Waals surface area contributed by atoms with Gasteiger partial charge >= 0.3 is 0 Å². The molecule has 1 aliphatic rings. The molecule has 1 fully saturated rings. The molecule has 0 spiro atoms. The summed E-state index contributed by atoms with van der Waals surface area (Å²) in [7, 11) is 1.85. The van der Waals surface area contributed by atoms with Crippen LogP contribution in [0.15, 0.2) is 24.3 Å². The first-order chi connectivity index (χ1) is 9.76. The fourth-order valence-electron chi connectivity index (χ4n) is 2.82. The van der Waals surface area contributed by atoms with E-state index in [1.807, 2.05) is 25.2 Å². The van der Waals surface area contributed by atoms with Crippen LogP contribution >= 0.6 is 0 Å². The van der Waals surface area contributed by atoms with Gasteiger partial charge in [-0.25, -0.2) is 4.98 Å². The molecule has 0 amide bonds. The third-order valence-corrected chi connectivity index (χ3v) is 4.20. The molecule has 20 heavy (non-hydrogen) atoms. The van der Waals surface area contributed by atoms with Crippen LogP contribution in [0.25, 0.3) is 10.9 Å².